The SMILES string of the molecule is CO[C@@H]1CN(CCN2CCc3ccccc32)C[C@H]1c1cn[nH]n1. The third-order valence-electron chi connectivity index (χ3n) is 5.13. The van der Waals surface area contributed by atoms with Crippen LogP contribution in [0.15, 0.2) is 30.5 Å². The number of likely N-dealkylation sites (tertiary alicyclic amines) is 1. The first-order chi connectivity index (χ1) is 11.3. The molecular weight excluding hydrogens is 290 g/mol. The number of para-hydroxylation sites is 1. The maximum absolute atomic E-state index is 5.67. The van der Waals surface area contributed by atoms with E-state index in [1.54, 1.807) is 7.11 Å². The Balaban J connectivity index is 1.37. The highest BCUT2D eigenvalue weighted by Crippen LogP contribution is 2.29. The summed E-state index contributed by atoms with van der Waals surface area (Å²) in [6, 6.07) is 8.75. The Bertz CT molecular complexity index is 644. The van der Waals surface area contributed by atoms with Gasteiger partial charge < -0.3 is 9.64 Å². The van der Waals surface area contributed by atoms with Crippen molar-refractivity contribution in [2.75, 3.05) is 44.7 Å². The molecule has 1 saturated heterocycles. The van der Waals surface area contributed by atoms with Gasteiger partial charge in [0.1, 0.15) is 0 Å². The molecule has 2 atom stereocenters. The van der Waals surface area contributed by atoms with Gasteiger partial charge in [-0.1, -0.05) is 18.2 Å². The van der Waals surface area contributed by atoms with Crippen LogP contribution in [-0.2, 0) is 11.2 Å². The molecule has 1 fully saturated rings. The van der Waals surface area contributed by atoms with Crippen molar-refractivity contribution in [3.05, 3.63) is 41.7 Å². The Hall–Kier alpha value is -1.92. The minimum Gasteiger partial charge on any atom is -0.379 e. The van der Waals surface area contributed by atoms with Gasteiger partial charge in [-0.05, 0) is 18.1 Å². The minimum atomic E-state index is 0.200. The zero-order valence-corrected chi connectivity index (χ0v) is 13.5. The summed E-state index contributed by atoms with van der Waals surface area (Å²) in [4.78, 5) is 4.98. The zero-order chi connectivity index (χ0) is 15.6. The number of aromatic nitrogens is 3. The van der Waals surface area contributed by atoms with Crippen LogP contribution in [0.4, 0.5) is 5.69 Å². The number of ether oxygens (including phenoxy) is 1. The van der Waals surface area contributed by atoms with Gasteiger partial charge in [0.15, 0.2) is 0 Å². The lowest BCUT2D eigenvalue weighted by Gasteiger charge is -2.23. The molecule has 1 aromatic carbocycles. The van der Waals surface area contributed by atoms with Crippen LogP contribution in [0.25, 0.3) is 0 Å². The van der Waals surface area contributed by atoms with Gasteiger partial charge in [-0.25, -0.2) is 0 Å². The van der Waals surface area contributed by atoms with E-state index in [0.717, 1.165) is 38.4 Å². The molecule has 2 aromatic rings. The number of H-pyrrole nitrogens is 1. The second-order valence-corrected chi connectivity index (χ2v) is 6.40. The number of fused-ring (bicyclic) bond motifs is 1. The fraction of sp³-hybridized carbons (Fsp3) is 0.529. The fourth-order valence-corrected chi connectivity index (χ4v) is 3.85. The minimum absolute atomic E-state index is 0.200. The molecule has 122 valence electrons. The average Bonchev–Trinajstić information content (AvgIpc) is 3.31. The van der Waals surface area contributed by atoms with Gasteiger partial charge in [0.2, 0.25) is 0 Å². The van der Waals surface area contributed by atoms with E-state index in [0.29, 0.717) is 5.92 Å². The Kier molecular flexibility index (Phi) is 4.01. The summed E-state index contributed by atoms with van der Waals surface area (Å²) in [6.45, 7) is 5.21. The molecule has 3 heterocycles. The Morgan fingerprint density at radius 1 is 1.26 bits per heavy atom. The molecule has 2 aliphatic rings. The third kappa shape index (κ3) is 2.84. The lowest BCUT2D eigenvalue weighted by atomic mass is 10.0. The molecule has 0 amide bonds. The van der Waals surface area contributed by atoms with E-state index >= 15 is 0 Å². The topological polar surface area (TPSA) is 57.3 Å². The van der Waals surface area contributed by atoms with Gasteiger partial charge in [-0.15, -0.1) is 0 Å². The highest BCUT2D eigenvalue weighted by atomic mass is 16.5. The number of benzene rings is 1. The molecule has 0 spiro atoms. The van der Waals surface area contributed by atoms with Crippen LogP contribution in [0.2, 0.25) is 0 Å². The number of hydrogen-bond donors (Lipinski definition) is 1. The summed E-state index contributed by atoms with van der Waals surface area (Å²) in [7, 11) is 1.79. The molecule has 0 unspecified atom stereocenters. The van der Waals surface area contributed by atoms with Gasteiger partial charge >= 0.3 is 0 Å². The largest absolute Gasteiger partial charge is 0.379 e. The predicted molar refractivity (Wildman–Crippen MR) is 88.7 cm³/mol. The van der Waals surface area contributed by atoms with Gasteiger partial charge in [0.05, 0.1) is 18.0 Å². The van der Waals surface area contributed by atoms with Crippen LogP contribution in [0.3, 0.4) is 0 Å². The van der Waals surface area contributed by atoms with Crippen molar-refractivity contribution in [1.82, 2.24) is 20.3 Å². The molecule has 6 nitrogen and oxygen atoms in total. The van der Waals surface area contributed by atoms with Crippen LogP contribution in [0.1, 0.15) is 17.2 Å². The lowest BCUT2D eigenvalue weighted by molar-refractivity contribution is 0.0966. The number of nitrogens with zero attached hydrogens (tertiary/aromatic N) is 4. The van der Waals surface area contributed by atoms with E-state index in [2.05, 4.69) is 49.5 Å². The molecule has 0 bridgehead atoms. The van der Waals surface area contributed by atoms with E-state index in [4.69, 9.17) is 4.74 Å². The molecular formula is C17H23N5O. The smallest absolute Gasteiger partial charge is 0.0894 e. The molecule has 23 heavy (non-hydrogen) atoms. The predicted octanol–water partition coefficient (Wildman–Crippen LogP) is 1.28. The summed E-state index contributed by atoms with van der Waals surface area (Å²) in [6.07, 6.45) is 3.18. The summed E-state index contributed by atoms with van der Waals surface area (Å²) in [5, 5.41) is 10.9. The van der Waals surface area contributed by atoms with E-state index in [1.807, 2.05) is 6.20 Å². The Morgan fingerprint density at radius 2 is 2.17 bits per heavy atom. The van der Waals surface area contributed by atoms with Crippen LogP contribution in [0, 0.1) is 0 Å². The van der Waals surface area contributed by atoms with Crippen molar-refractivity contribution in [1.29, 1.82) is 0 Å². The lowest BCUT2D eigenvalue weighted by Crippen LogP contribution is -2.33. The molecule has 6 heteroatoms. The van der Waals surface area contributed by atoms with Gasteiger partial charge in [0, 0.05) is 51.4 Å². The summed E-state index contributed by atoms with van der Waals surface area (Å²) >= 11 is 0. The van der Waals surface area contributed by atoms with Gasteiger partial charge in [-0.2, -0.15) is 15.4 Å². The molecule has 0 radical (unpaired) electrons. The summed E-state index contributed by atoms with van der Waals surface area (Å²) < 4.78 is 5.67. The first kappa shape index (κ1) is 14.7. The molecule has 0 saturated carbocycles. The Morgan fingerprint density at radius 3 is 3.00 bits per heavy atom. The van der Waals surface area contributed by atoms with Crippen LogP contribution < -0.4 is 4.90 Å². The van der Waals surface area contributed by atoms with Crippen molar-refractivity contribution in [3.63, 3.8) is 0 Å². The summed E-state index contributed by atoms with van der Waals surface area (Å²) in [5.74, 6) is 0.310. The van der Waals surface area contributed by atoms with E-state index in [-0.39, 0.29) is 6.10 Å². The average molecular weight is 313 g/mol. The maximum Gasteiger partial charge on any atom is 0.0894 e. The second-order valence-electron chi connectivity index (χ2n) is 6.40. The molecule has 4 rings (SSSR count). The van der Waals surface area contributed by atoms with Gasteiger partial charge in [0.25, 0.3) is 0 Å². The van der Waals surface area contributed by atoms with E-state index in [9.17, 15) is 0 Å². The quantitative estimate of drug-likeness (QED) is 0.901. The molecule has 1 aromatic heterocycles. The van der Waals surface area contributed by atoms with E-state index < -0.39 is 0 Å². The van der Waals surface area contributed by atoms with Crippen LogP contribution >= 0.6 is 0 Å². The zero-order valence-electron chi connectivity index (χ0n) is 13.5. The number of methoxy groups -OCH3 is 1. The molecule has 2 aliphatic heterocycles. The summed E-state index contributed by atoms with van der Waals surface area (Å²) in [5.41, 5.74) is 3.89. The molecule has 0 aliphatic carbocycles. The van der Waals surface area contributed by atoms with Crippen molar-refractivity contribution in [3.8, 4) is 0 Å². The number of rotatable bonds is 5. The molecule has 1 N–H and O–H groups in total. The fourth-order valence-electron chi connectivity index (χ4n) is 3.85. The van der Waals surface area contributed by atoms with E-state index in [1.165, 1.54) is 17.7 Å². The van der Waals surface area contributed by atoms with Crippen LogP contribution in [-0.4, -0.2) is 66.2 Å². The highest BCUT2D eigenvalue weighted by Gasteiger charge is 2.35. The number of hydrogen-bond acceptors (Lipinski definition) is 5. The van der Waals surface area contributed by atoms with Gasteiger partial charge in [-0.3, -0.25) is 4.90 Å². The number of anilines is 1. The van der Waals surface area contributed by atoms with Crippen LogP contribution in [0.5, 0.6) is 0 Å². The van der Waals surface area contributed by atoms with Crippen molar-refractivity contribution in [2.24, 2.45) is 0 Å². The highest BCUT2D eigenvalue weighted by molar-refractivity contribution is 5.57. The monoisotopic (exact) mass is 313 g/mol. The maximum atomic E-state index is 5.67. The van der Waals surface area contributed by atoms with Crippen molar-refractivity contribution >= 4 is 5.69 Å². The third-order valence-corrected chi connectivity index (χ3v) is 5.13. The van der Waals surface area contributed by atoms with Crippen molar-refractivity contribution in [2.45, 2.75) is 18.4 Å². The van der Waals surface area contributed by atoms with Crippen molar-refractivity contribution < 1.29 is 4.74 Å². The normalized spacial score (nSPS) is 24.3. The first-order valence-corrected chi connectivity index (χ1v) is 8.29. The second kappa shape index (κ2) is 6.29. The standard InChI is InChI=1S/C17H23N5O/c1-23-17-12-21(11-14(17)15-10-18-20-19-15)8-9-22-7-6-13-4-2-3-5-16(13)22/h2-5,10,14,17H,6-9,11-12H2,1H3,(H,18,19,20)/t14-,17+/m0/s1. The number of nitrogens with one attached hydrogen (secondary N) is 1. The number of aromatic amines is 1. The Labute approximate surface area is 136 Å². The first-order valence-electron chi connectivity index (χ1n) is 8.29.